The van der Waals surface area contributed by atoms with Gasteiger partial charge < -0.3 is 14.5 Å². The number of nitrogens with zero attached hydrogens (tertiary/aromatic N) is 2. The van der Waals surface area contributed by atoms with Gasteiger partial charge >= 0.3 is 6.09 Å². The van der Waals surface area contributed by atoms with E-state index in [1.165, 1.54) is 6.07 Å². The van der Waals surface area contributed by atoms with E-state index in [9.17, 15) is 13.2 Å². The number of ether oxygens (including phenoxy) is 1. The van der Waals surface area contributed by atoms with Crippen LogP contribution in [0.15, 0.2) is 27.6 Å². The summed E-state index contributed by atoms with van der Waals surface area (Å²) in [6.07, 6.45) is -0.358. The maximum absolute atomic E-state index is 12.1. The number of amides is 1. The fourth-order valence-electron chi connectivity index (χ4n) is 2.40. The molecule has 1 aromatic carbocycles. The minimum Gasteiger partial charge on any atom is -0.444 e. The predicted octanol–water partition coefficient (Wildman–Crippen LogP) is 3.43. The molecule has 1 aliphatic rings. The van der Waals surface area contributed by atoms with Crippen LogP contribution in [0.3, 0.4) is 0 Å². The largest absolute Gasteiger partial charge is 0.444 e. The molecule has 24 heavy (non-hydrogen) atoms. The number of hydrogen-bond acceptors (Lipinski definition) is 5. The summed E-state index contributed by atoms with van der Waals surface area (Å²) in [5.74, 6) is 0. The van der Waals surface area contributed by atoms with E-state index in [1.54, 1.807) is 17.0 Å². The quantitative estimate of drug-likeness (QED) is 0.660. The zero-order chi connectivity index (χ0) is 18.1. The van der Waals surface area contributed by atoms with Crippen LogP contribution < -0.4 is 4.90 Å². The summed E-state index contributed by atoms with van der Waals surface area (Å²) in [5, 5.41) is 0. The Bertz CT molecular complexity index is 725. The Kier molecular flexibility index (Phi) is 5.71. The lowest BCUT2D eigenvalue weighted by Gasteiger charge is -2.37. The Balaban J connectivity index is 2.12. The molecule has 1 saturated heterocycles. The van der Waals surface area contributed by atoms with Crippen LogP contribution in [0.5, 0.6) is 0 Å². The minimum absolute atomic E-state index is 0.0595. The monoisotopic (exact) mass is 438 g/mol. The summed E-state index contributed by atoms with van der Waals surface area (Å²) in [6, 6.07) is 4.96. The van der Waals surface area contributed by atoms with Gasteiger partial charge in [0, 0.05) is 41.3 Å². The van der Waals surface area contributed by atoms with Crippen LogP contribution in [0.25, 0.3) is 0 Å². The Morgan fingerprint density at radius 1 is 1.21 bits per heavy atom. The SMILES string of the molecule is CC(C)(C)OC(=O)N1CCN(c2ccc(Br)cc2S(=O)(=O)Cl)CC1. The Morgan fingerprint density at radius 2 is 1.79 bits per heavy atom. The van der Waals surface area contributed by atoms with Crippen LogP contribution in [0.1, 0.15) is 20.8 Å². The molecule has 1 aromatic rings. The van der Waals surface area contributed by atoms with Gasteiger partial charge in [0.25, 0.3) is 9.05 Å². The second-order valence-corrected chi connectivity index (χ2v) is 9.95. The molecule has 6 nitrogen and oxygen atoms in total. The average Bonchev–Trinajstić information content (AvgIpc) is 2.44. The molecule has 0 aromatic heterocycles. The fourth-order valence-corrected chi connectivity index (χ4v) is 4.00. The van der Waals surface area contributed by atoms with Gasteiger partial charge in [0.05, 0.1) is 5.69 Å². The van der Waals surface area contributed by atoms with Crippen molar-refractivity contribution in [3.63, 3.8) is 0 Å². The number of piperazine rings is 1. The second kappa shape index (κ2) is 7.09. The first-order chi connectivity index (χ1) is 11.0. The average molecular weight is 440 g/mol. The fraction of sp³-hybridized carbons (Fsp3) is 0.533. The molecule has 1 amide bonds. The van der Waals surface area contributed by atoms with E-state index in [1.807, 2.05) is 25.7 Å². The molecule has 0 aliphatic carbocycles. The van der Waals surface area contributed by atoms with E-state index in [4.69, 9.17) is 15.4 Å². The Hall–Kier alpha value is -0.990. The van der Waals surface area contributed by atoms with E-state index < -0.39 is 14.7 Å². The van der Waals surface area contributed by atoms with Crippen molar-refractivity contribution < 1.29 is 17.9 Å². The van der Waals surface area contributed by atoms with Gasteiger partial charge in [0.2, 0.25) is 0 Å². The summed E-state index contributed by atoms with van der Waals surface area (Å²) in [7, 11) is 1.68. The van der Waals surface area contributed by atoms with E-state index in [-0.39, 0.29) is 11.0 Å². The van der Waals surface area contributed by atoms with Crippen molar-refractivity contribution in [2.45, 2.75) is 31.3 Å². The highest BCUT2D eigenvalue weighted by Gasteiger charge is 2.28. The van der Waals surface area contributed by atoms with Crippen LogP contribution >= 0.6 is 26.6 Å². The van der Waals surface area contributed by atoms with Crippen molar-refractivity contribution in [2.75, 3.05) is 31.1 Å². The molecule has 1 aliphatic heterocycles. The molecule has 0 N–H and O–H groups in total. The van der Waals surface area contributed by atoms with Gasteiger partial charge in [-0.05, 0) is 39.0 Å². The summed E-state index contributed by atoms with van der Waals surface area (Å²) in [5.41, 5.74) is -0.00294. The number of rotatable bonds is 2. The van der Waals surface area contributed by atoms with Crippen molar-refractivity contribution >= 4 is 47.4 Å². The van der Waals surface area contributed by atoms with Gasteiger partial charge in [-0.1, -0.05) is 15.9 Å². The lowest BCUT2D eigenvalue weighted by atomic mass is 10.2. The summed E-state index contributed by atoms with van der Waals surface area (Å²) in [6.45, 7) is 7.36. The molecule has 1 heterocycles. The maximum Gasteiger partial charge on any atom is 0.410 e. The maximum atomic E-state index is 12.1. The van der Waals surface area contributed by atoms with Crippen LogP contribution in [0, 0.1) is 0 Å². The third kappa shape index (κ3) is 5.00. The molecule has 0 atom stereocenters. The minimum atomic E-state index is -3.86. The molecule has 9 heteroatoms. The third-order valence-corrected chi connectivity index (χ3v) is 5.30. The zero-order valence-electron chi connectivity index (χ0n) is 13.8. The summed E-state index contributed by atoms with van der Waals surface area (Å²) < 4.78 is 29.6. The van der Waals surface area contributed by atoms with Gasteiger partial charge in [0.1, 0.15) is 10.5 Å². The number of carbonyl (C=O) groups is 1. The molecule has 134 valence electrons. The van der Waals surface area contributed by atoms with Crippen molar-refractivity contribution in [1.82, 2.24) is 4.90 Å². The molecule has 0 spiro atoms. The smallest absolute Gasteiger partial charge is 0.410 e. The molecule has 1 fully saturated rings. The van der Waals surface area contributed by atoms with Crippen molar-refractivity contribution in [1.29, 1.82) is 0 Å². The van der Waals surface area contributed by atoms with E-state index >= 15 is 0 Å². The summed E-state index contributed by atoms with van der Waals surface area (Å²) >= 11 is 3.26. The highest BCUT2D eigenvalue weighted by Crippen LogP contribution is 2.31. The number of hydrogen-bond donors (Lipinski definition) is 0. The van der Waals surface area contributed by atoms with Gasteiger partial charge in [-0.2, -0.15) is 0 Å². The van der Waals surface area contributed by atoms with Crippen LogP contribution in [-0.4, -0.2) is 51.2 Å². The van der Waals surface area contributed by atoms with Crippen LogP contribution in [-0.2, 0) is 13.8 Å². The number of carbonyl (C=O) groups excluding carboxylic acids is 1. The van der Waals surface area contributed by atoms with Crippen molar-refractivity contribution in [2.24, 2.45) is 0 Å². The topological polar surface area (TPSA) is 66.9 Å². The van der Waals surface area contributed by atoms with Gasteiger partial charge in [-0.15, -0.1) is 0 Å². The standard InChI is InChI=1S/C15H20BrClN2O4S/c1-15(2,3)23-14(20)19-8-6-18(7-9-19)12-5-4-11(16)10-13(12)24(17,21)22/h4-5,10H,6-9H2,1-3H3. The lowest BCUT2D eigenvalue weighted by Crippen LogP contribution is -2.50. The molecule has 0 saturated carbocycles. The molecular weight excluding hydrogens is 420 g/mol. The first-order valence-electron chi connectivity index (χ1n) is 7.44. The number of anilines is 1. The van der Waals surface area contributed by atoms with Gasteiger partial charge in [-0.3, -0.25) is 0 Å². The van der Waals surface area contributed by atoms with Crippen LogP contribution in [0.2, 0.25) is 0 Å². The molecule has 2 rings (SSSR count). The first-order valence-corrected chi connectivity index (χ1v) is 10.5. The van der Waals surface area contributed by atoms with Crippen molar-refractivity contribution in [3.8, 4) is 0 Å². The highest BCUT2D eigenvalue weighted by molar-refractivity contribution is 9.10. The zero-order valence-corrected chi connectivity index (χ0v) is 16.9. The molecule has 0 bridgehead atoms. The molecule has 0 unspecified atom stereocenters. The molecule has 0 radical (unpaired) electrons. The van der Waals surface area contributed by atoms with Crippen molar-refractivity contribution in [3.05, 3.63) is 22.7 Å². The highest BCUT2D eigenvalue weighted by atomic mass is 79.9. The Morgan fingerprint density at radius 3 is 2.29 bits per heavy atom. The Labute approximate surface area is 155 Å². The van der Waals surface area contributed by atoms with Gasteiger partial charge in [-0.25, -0.2) is 13.2 Å². The third-order valence-electron chi connectivity index (χ3n) is 3.46. The number of benzene rings is 1. The normalized spacial score (nSPS) is 16.2. The van der Waals surface area contributed by atoms with Gasteiger partial charge in [0.15, 0.2) is 0 Å². The predicted molar refractivity (Wildman–Crippen MR) is 97.2 cm³/mol. The summed E-state index contributed by atoms with van der Waals surface area (Å²) in [4.78, 5) is 15.7. The van der Waals surface area contributed by atoms with Crippen LogP contribution in [0.4, 0.5) is 10.5 Å². The first kappa shape index (κ1) is 19.3. The van der Waals surface area contributed by atoms with E-state index in [0.29, 0.717) is 36.3 Å². The van der Waals surface area contributed by atoms with E-state index in [2.05, 4.69) is 15.9 Å². The number of halogens is 2. The van der Waals surface area contributed by atoms with E-state index in [0.717, 1.165) is 0 Å². The second-order valence-electron chi connectivity index (χ2n) is 6.50. The lowest BCUT2D eigenvalue weighted by molar-refractivity contribution is 0.0240. The molecular formula is C15H20BrClN2O4S.